The number of likely N-dealkylation sites (N-methyl/N-ethyl adjacent to an activating group) is 1. The van der Waals surface area contributed by atoms with Crippen LogP contribution in [0.15, 0.2) is 41.8 Å². The van der Waals surface area contributed by atoms with Crippen LogP contribution in [-0.2, 0) is 0 Å². The number of nitrogens with one attached hydrogen (secondary N) is 1. The highest BCUT2D eigenvalue weighted by Gasteiger charge is 2.07. The molecule has 0 saturated carbocycles. The van der Waals surface area contributed by atoms with Crippen molar-refractivity contribution in [2.75, 3.05) is 24.5 Å². The maximum absolute atomic E-state index is 3.60. The van der Waals surface area contributed by atoms with Crippen LogP contribution >= 0.6 is 11.3 Å². The molecule has 0 bridgehead atoms. The number of aryl methyl sites for hydroxylation is 1. The van der Waals surface area contributed by atoms with Crippen LogP contribution in [0, 0.1) is 6.92 Å². The average Bonchev–Trinajstić information content (AvgIpc) is 2.99. The third-order valence-electron chi connectivity index (χ3n) is 3.58. The second kappa shape index (κ2) is 7.46. The Morgan fingerprint density at radius 3 is 2.55 bits per heavy atom. The van der Waals surface area contributed by atoms with E-state index in [1.165, 1.54) is 16.1 Å². The topological polar surface area (TPSA) is 15.3 Å². The molecule has 1 aromatic heterocycles. The van der Waals surface area contributed by atoms with E-state index in [-0.39, 0.29) is 0 Å². The van der Waals surface area contributed by atoms with Crippen molar-refractivity contribution in [3.8, 4) is 0 Å². The first-order valence-electron chi connectivity index (χ1n) is 7.29. The summed E-state index contributed by atoms with van der Waals surface area (Å²) in [7, 11) is 0. The SMILES string of the molecule is CCN(CCNC(C)c1cccs1)c1ccc(C)cc1. The zero-order valence-corrected chi connectivity index (χ0v) is 13.4. The highest BCUT2D eigenvalue weighted by Crippen LogP contribution is 2.18. The van der Waals surface area contributed by atoms with E-state index in [0.717, 1.165) is 19.6 Å². The largest absolute Gasteiger partial charge is 0.371 e. The minimum Gasteiger partial charge on any atom is -0.371 e. The summed E-state index contributed by atoms with van der Waals surface area (Å²) in [5.41, 5.74) is 2.62. The Kier molecular flexibility index (Phi) is 5.62. The number of benzene rings is 1. The first-order chi connectivity index (χ1) is 9.70. The van der Waals surface area contributed by atoms with E-state index in [1.807, 2.05) is 11.3 Å². The van der Waals surface area contributed by atoms with Crippen LogP contribution in [0.2, 0.25) is 0 Å². The first-order valence-corrected chi connectivity index (χ1v) is 8.17. The molecule has 2 nitrogen and oxygen atoms in total. The third-order valence-corrected chi connectivity index (χ3v) is 4.64. The number of hydrogen-bond donors (Lipinski definition) is 1. The highest BCUT2D eigenvalue weighted by atomic mass is 32.1. The number of hydrogen-bond acceptors (Lipinski definition) is 3. The summed E-state index contributed by atoms with van der Waals surface area (Å²) in [5, 5.41) is 5.74. The molecule has 0 spiro atoms. The molecule has 0 aliphatic rings. The van der Waals surface area contributed by atoms with Gasteiger partial charge < -0.3 is 10.2 Å². The lowest BCUT2D eigenvalue weighted by molar-refractivity contribution is 0.578. The van der Waals surface area contributed by atoms with Crippen molar-refractivity contribution >= 4 is 17.0 Å². The van der Waals surface area contributed by atoms with Crippen molar-refractivity contribution in [3.05, 3.63) is 52.2 Å². The van der Waals surface area contributed by atoms with Gasteiger partial charge in [-0.15, -0.1) is 11.3 Å². The van der Waals surface area contributed by atoms with Gasteiger partial charge in [0.1, 0.15) is 0 Å². The van der Waals surface area contributed by atoms with E-state index in [1.54, 1.807) is 0 Å². The molecule has 1 unspecified atom stereocenters. The first kappa shape index (κ1) is 15.1. The van der Waals surface area contributed by atoms with Gasteiger partial charge in [0.05, 0.1) is 0 Å². The summed E-state index contributed by atoms with van der Waals surface area (Å²) in [6.45, 7) is 9.65. The van der Waals surface area contributed by atoms with Crippen LogP contribution in [0.4, 0.5) is 5.69 Å². The molecule has 108 valence electrons. The minimum absolute atomic E-state index is 0.437. The lowest BCUT2D eigenvalue weighted by Crippen LogP contribution is -2.33. The molecule has 20 heavy (non-hydrogen) atoms. The monoisotopic (exact) mass is 288 g/mol. The zero-order chi connectivity index (χ0) is 14.4. The predicted octanol–water partition coefficient (Wildman–Crippen LogP) is 4.23. The summed E-state index contributed by atoms with van der Waals surface area (Å²) in [6, 6.07) is 13.5. The number of nitrogens with zero attached hydrogens (tertiary/aromatic N) is 1. The van der Waals surface area contributed by atoms with Crippen molar-refractivity contribution in [3.63, 3.8) is 0 Å². The van der Waals surface area contributed by atoms with Crippen LogP contribution in [0.5, 0.6) is 0 Å². The van der Waals surface area contributed by atoms with Crippen LogP contribution in [0.25, 0.3) is 0 Å². The Hall–Kier alpha value is -1.32. The molecular weight excluding hydrogens is 264 g/mol. The molecule has 0 aliphatic heterocycles. The van der Waals surface area contributed by atoms with Gasteiger partial charge in [-0.25, -0.2) is 0 Å². The fraction of sp³-hybridized carbons (Fsp3) is 0.412. The van der Waals surface area contributed by atoms with E-state index >= 15 is 0 Å². The van der Waals surface area contributed by atoms with Crippen molar-refractivity contribution in [2.45, 2.75) is 26.8 Å². The molecule has 1 heterocycles. The molecule has 1 aromatic carbocycles. The van der Waals surface area contributed by atoms with Crippen molar-refractivity contribution in [2.24, 2.45) is 0 Å². The van der Waals surface area contributed by atoms with Gasteiger partial charge in [-0.3, -0.25) is 0 Å². The van der Waals surface area contributed by atoms with Crippen molar-refractivity contribution in [1.82, 2.24) is 5.32 Å². The molecule has 0 fully saturated rings. The lowest BCUT2D eigenvalue weighted by atomic mass is 10.2. The predicted molar refractivity (Wildman–Crippen MR) is 89.8 cm³/mol. The van der Waals surface area contributed by atoms with Crippen molar-refractivity contribution < 1.29 is 0 Å². The summed E-state index contributed by atoms with van der Waals surface area (Å²) in [6.07, 6.45) is 0. The van der Waals surface area contributed by atoms with Gasteiger partial charge in [0.2, 0.25) is 0 Å². The van der Waals surface area contributed by atoms with E-state index < -0.39 is 0 Å². The fourth-order valence-electron chi connectivity index (χ4n) is 2.28. The normalized spacial score (nSPS) is 12.3. The fourth-order valence-corrected chi connectivity index (χ4v) is 3.04. The maximum Gasteiger partial charge on any atom is 0.0386 e. The Balaban J connectivity index is 1.83. The van der Waals surface area contributed by atoms with E-state index in [0.29, 0.717) is 6.04 Å². The highest BCUT2D eigenvalue weighted by molar-refractivity contribution is 7.10. The van der Waals surface area contributed by atoms with Crippen LogP contribution in [0.3, 0.4) is 0 Å². The van der Waals surface area contributed by atoms with Crippen LogP contribution in [-0.4, -0.2) is 19.6 Å². The smallest absolute Gasteiger partial charge is 0.0386 e. The van der Waals surface area contributed by atoms with E-state index in [4.69, 9.17) is 0 Å². The Morgan fingerprint density at radius 2 is 1.95 bits per heavy atom. The Morgan fingerprint density at radius 1 is 1.20 bits per heavy atom. The van der Waals surface area contributed by atoms with Crippen LogP contribution < -0.4 is 10.2 Å². The number of thiophene rings is 1. The van der Waals surface area contributed by atoms with Gasteiger partial charge in [-0.05, 0) is 44.4 Å². The van der Waals surface area contributed by atoms with Gasteiger partial charge in [0, 0.05) is 36.2 Å². The minimum atomic E-state index is 0.437. The molecule has 0 aliphatic carbocycles. The average molecular weight is 288 g/mol. The summed E-state index contributed by atoms with van der Waals surface area (Å²) in [4.78, 5) is 3.82. The molecule has 1 atom stereocenters. The van der Waals surface area contributed by atoms with E-state index in [2.05, 4.69) is 72.8 Å². The van der Waals surface area contributed by atoms with Gasteiger partial charge in [-0.2, -0.15) is 0 Å². The molecule has 3 heteroatoms. The zero-order valence-electron chi connectivity index (χ0n) is 12.6. The standard InChI is InChI=1S/C17H24N2S/c1-4-19(16-9-7-14(2)8-10-16)12-11-18-15(3)17-6-5-13-20-17/h5-10,13,15,18H,4,11-12H2,1-3H3. The molecule has 0 saturated heterocycles. The molecule has 1 N–H and O–H groups in total. The second-order valence-electron chi connectivity index (χ2n) is 5.11. The summed E-state index contributed by atoms with van der Waals surface area (Å²) < 4.78 is 0. The third kappa shape index (κ3) is 4.09. The lowest BCUT2D eigenvalue weighted by Gasteiger charge is -2.24. The Bertz CT molecular complexity index is 490. The second-order valence-corrected chi connectivity index (χ2v) is 6.09. The number of anilines is 1. The quantitative estimate of drug-likeness (QED) is 0.820. The molecule has 2 aromatic rings. The van der Waals surface area contributed by atoms with Gasteiger partial charge in [0.25, 0.3) is 0 Å². The van der Waals surface area contributed by atoms with Gasteiger partial charge in [0.15, 0.2) is 0 Å². The van der Waals surface area contributed by atoms with Gasteiger partial charge >= 0.3 is 0 Å². The summed E-state index contributed by atoms with van der Waals surface area (Å²) in [5.74, 6) is 0. The molecule has 0 amide bonds. The molecule has 0 radical (unpaired) electrons. The maximum atomic E-state index is 3.60. The van der Waals surface area contributed by atoms with Crippen LogP contribution in [0.1, 0.15) is 30.3 Å². The molecular formula is C17H24N2S. The number of rotatable bonds is 7. The van der Waals surface area contributed by atoms with E-state index in [9.17, 15) is 0 Å². The molecule has 2 rings (SSSR count). The summed E-state index contributed by atoms with van der Waals surface area (Å²) >= 11 is 1.82. The van der Waals surface area contributed by atoms with Gasteiger partial charge in [-0.1, -0.05) is 23.8 Å². The van der Waals surface area contributed by atoms with Crippen molar-refractivity contribution in [1.29, 1.82) is 0 Å². The Labute approximate surface area is 126 Å².